The Morgan fingerprint density at radius 1 is 1.42 bits per heavy atom. The molecule has 2 aliphatic rings. The molecule has 0 radical (unpaired) electrons. The summed E-state index contributed by atoms with van der Waals surface area (Å²) in [6.07, 6.45) is 3.52. The van der Waals surface area contributed by atoms with Crippen LogP contribution in [0.1, 0.15) is 18.4 Å². The van der Waals surface area contributed by atoms with Crippen LogP contribution >= 0.6 is 0 Å². The number of rotatable bonds is 1. The molecule has 1 aromatic heterocycles. The molecule has 24 heavy (non-hydrogen) atoms. The van der Waals surface area contributed by atoms with Crippen molar-refractivity contribution >= 4 is 28.5 Å². The van der Waals surface area contributed by atoms with Crippen molar-refractivity contribution in [3.63, 3.8) is 0 Å². The highest BCUT2D eigenvalue weighted by Gasteiger charge is 2.45. The lowest BCUT2D eigenvalue weighted by Crippen LogP contribution is -2.50. The van der Waals surface area contributed by atoms with Crippen molar-refractivity contribution in [2.45, 2.75) is 25.8 Å². The lowest BCUT2D eigenvalue weighted by molar-refractivity contribution is -0.130. The van der Waals surface area contributed by atoms with Gasteiger partial charge in [0.1, 0.15) is 0 Å². The number of hydrogen-bond donors (Lipinski definition) is 2. The van der Waals surface area contributed by atoms with Gasteiger partial charge in [-0.3, -0.25) is 9.89 Å². The first kappa shape index (κ1) is 15.0. The molecule has 0 aliphatic carbocycles. The van der Waals surface area contributed by atoms with Crippen LogP contribution in [0.25, 0.3) is 10.9 Å². The van der Waals surface area contributed by atoms with Crippen LogP contribution in [0, 0.1) is 12.8 Å². The molecule has 4 rings (SSSR count). The summed E-state index contributed by atoms with van der Waals surface area (Å²) in [4.78, 5) is 28.5. The van der Waals surface area contributed by atoms with E-state index in [2.05, 4.69) is 15.5 Å². The topological polar surface area (TPSA) is 81.3 Å². The van der Waals surface area contributed by atoms with Gasteiger partial charge >= 0.3 is 6.03 Å². The zero-order chi connectivity index (χ0) is 16.8. The predicted molar refractivity (Wildman–Crippen MR) is 90.7 cm³/mol. The van der Waals surface area contributed by atoms with E-state index in [4.69, 9.17) is 0 Å². The van der Waals surface area contributed by atoms with Gasteiger partial charge in [0.15, 0.2) is 0 Å². The van der Waals surface area contributed by atoms with Crippen LogP contribution in [0.15, 0.2) is 18.3 Å². The molecule has 126 valence electrons. The number of benzene rings is 1. The van der Waals surface area contributed by atoms with E-state index in [0.29, 0.717) is 13.1 Å². The summed E-state index contributed by atoms with van der Waals surface area (Å²) >= 11 is 0. The van der Waals surface area contributed by atoms with Gasteiger partial charge in [-0.25, -0.2) is 4.79 Å². The van der Waals surface area contributed by atoms with Crippen LogP contribution in [0.2, 0.25) is 0 Å². The maximum atomic E-state index is 12.8. The second-order valence-corrected chi connectivity index (χ2v) is 6.78. The number of amides is 3. The molecule has 3 heterocycles. The number of hydrogen-bond acceptors (Lipinski definition) is 3. The highest BCUT2D eigenvalue weighted by molar-refractivity contribution is 5.94. The number of nitrogens with one attached hydrogen (secondary N) is 2. The number of anilines is 1. The maximum Gasteiger partial charge on any atom is 0.322 e. The van der Waals surface area contributed by atoms with Gasteiger partial charge in [-0.05, 0) is 37.5 Å². The number of likely N-dealkylation sites (tertiary alicyclic amines) is 2. The molecule has 3 amide bonds. The zero-order valence-corrected chi connectivity index (χ0v) is 13.9. The number of likely N-dealkylation sites (N-methyl/N-ethyl adjacent to an activating group) is 1. The molecule has 0 spiro atoms. The van der Waals surface area contributed by atoms with E-state index in [1.54, 1.807) is 11.1 Å². The Labute approximate surface area is 140 Å². The van der Waals surface area contributed by atoms with Crippen molar-refractivity contribution in [2.75, 3.05) is 25.5 Å². The number of aromatic nitrogens is 2. The number of piperidine rings is 1. The average Bonchev–Trinajstić information content (AvgIpc) is 3.13. The monoisotopic (exact) mass is 327 g/mol. The average molecular weight is 327 g/mol. The van der Waals surface area contributed by atoms with Crippen molar-refractivity contribution in [3.8, 4) is 0 Å². The van der Waals surface area contributed by atoms with E-state index < -0.39 is 0 Å². The summed E-state index contributed by atoms with van der Waals surface area (Å²) in [6.45, 7) is 3.31. The quantitative estimate of drug-likeness (QED) is 0.840. The normalized spacial score (nSPS) is 23.7. The van der Waals surface area contributed by atoms with Crippen LogP contribution in [-0.4, -0.2) is 58.1 Å². The van der Waals surface area contributed by atoms with E-state index in [1.807, 2.05) is 31.0 Å². The minimum Gasteiger partial charge on any atom is -0.343 e. The van der Waals surface area contributed by atoms with Gasteiger partial charge in [0, 0.05) is 31.2 Å². The van der Waals surface area contributed by atoms with Crippen LogP contribution in [0.4, 0.5) is 10.5 Å². The summed E-state index contributed by atoms with van der Waals surface area (Å²) in [5.74, 6) is 0.110. The smallest absolute Gasteiger partial charge is 0.322 e. The van der Waals surface area contributed by atoms with Crippen molar-refractivity contribution in [2.24, 2.45) is 5.92 Å². The SMILES string of the molecule is Cc1cc(NC(=O)N2CCC[C@H]3C(=O)N(C)C[C@H]32)cc2[nH]ncc12. The van der Waals surface area contributed by atoms with Crippen LogP contribution in [-0.2, 0) is 4.79 Å². The second kappa shape index (κ2) is 5.51. The molecule has 7 heteroatoms. The van der Waals surface area contributed by atoms with E-state index in [0.717, 1.165) is 35.0 Å². The first-order valence-electron chi connectivity index (χ1n) is 8.31. The zero-order valence-electron chi connectivity index (χ0n) is 13.9. The number of nitrogens with zero attached hydrogens (tertiary/aromatic N) is 3. The molecule has 2 N–H and O–H groups in total. The fraction of sp³-hybridized carbons (Fsp3) is 0.471. The van der Waals surface area contributed by atoms with Crippen LogP contribution < -0.4 is 5.32 Å². The van der Waals surface area contributed by atoms with Crippen molar-refractivity contribution in [1.29, 1.82) is 0 Å². The summed E-state index contributed by atoms with van der Waals surface area (Å²) < 4.78 is 0. The molecule has 2 aromatic rings. The first-order valence-corrected chi connectivity index (χ1v) is 8.31. The standard InChI is InChI=1S/C17H21N5O2/c1-10-6-11(7-14-13(10)8-18-20-14)19-17(24)22-5-3-4-12-15(22)9-21(2)16(12)23/h6-8,12,15H,3-5,9H2,1-2H3,(H,18,20)(H,19,24)/t12-,15-/m1/s1. The maximum absolute atomic E-state index is 12.8. The minimum atomic E-state index is -0.133. The third-order valence-corrected chi connectivity index (χ3v) is 5.21. The number of fused-ring (bicyclic) bond motifs is 2. The summed E-state index contributed by atoms with van der Waals surface area (Å²) in [6, 6.07) is 3.68. The third kappa shape index (κ3) is 2.31. The molecule has 0 bridgehead atoms. The molecule has 7 nitrogen and oxygen atoms in total. The molecule has 2 fully saturated rings. The largest absolute Gasteiger partial charge is 0.343 e. The highest BCUT2D eigenvalue weighted by Crippen LogP contribution is 2.31. The number of carbonyl (C=O) groups is 2. The molecule has 2 saturated heterocycles. The number of carbonyl (C=O) groups excluding carboxylic acids is 2. The van der Waals surface area contributed by atoms with E-state index in [9.17, 15) is 9.59 Å². The van der Waals surface area contributed by atoms with Gasteiger partial charge in [0.25, 0.3) is 0 Å². The molecular formula is C17H21N5O2. The molecule has 0 saturated carbocycles. The van der Waals surface area contributed by atoms with Crippen molar-refractivity contribution < 1.29 is 9.59 Å². The van der Waals surface area contributed by atoms with Gasteiger partial charge in [0.2, 0.25) is 5.91 Å². The molecular weight excluding hydrogens is 306 g/mol. The Morgan fingerprint density at radius 3 is 3.08 bits per heavy atom. The second-order valence-electron chi connectivity index (χ2n) is 6.78. The van der Waals surface area contributed by atoms with Gasteiger partial charge in [-0.15, -0.1) is 0 Å². The molecule has 0 unspecified atom stereocenters. The number of H-pyrrole nitrogens is 1. The van der Waals surface area contributed by atoms with E-state index in [-0.39, 0.29) is 23.9 Å². The highest BCUT2D eigenvalue weighted by atomic mass is 16.2. The summed E-state index contributed by atoms with van der Waals surface area (Å²) in [5.41, 5.74) is 2.70. The van der Waals surface area contributed by atoms with Gasteiger partial charge < -0.3 is 15.1 Å². The lowest BCUT2D eigenvalue weighted by atomic mass is 9.92. The Bertz CT molecular complexity index is 814. The predicted octanol–water partition coefficient (Wildman–Crippen LogP) is 1.96. The summed E-state index contributed by atoms with van der Waals surface area (Å²) in [5, 5.41) is 11.0. The molecule has 2 atom stereocenters. The number of aromatic amines is 1. The summed E-state index contributed by atoms with van der Waals surface area (Å²) in [7, 11) is 1.81. The van der Waals surface area contributed by atoms with Gasteiger partial charge in [-0.2, -0.15) is 5.10 Å². The van der Waals surface area contributed by atoms with Gasteiger partial charge in [-0.1, -0.05) is 0 Å². The number of urea groups is 1. The Morgan fingerprint density at radius 2 is 2.25 bits per heavy atom. The minimum absolute atomic E-state index is 0.0202. The number of aryl methyl sites for hydroxylation is 1. The van der Waals surface area contributed by atoms with Crippen molar-refractivity contribution in [3.05, 3.63) is 23.9 Å². The third-order valence-electron chi connectivity index (χ3n) is 5.21. The van der Waals surface area contributed by atoms with Gasteiger partial charge in [0.05, 0.1) is 23.7 Å². The van der Waals surface area contributed by atoms with E-state index >= 15 is 0 Å². The van der Waals surface area contributed by atoms with Crippen LogP contribution in [0.5, 0.6) is 0 Å². The Kier molecular flexibility index (Phi) is 3.44. The fourth-order valence-corrected chi connectivity index (χ4v) is 3.97. The van der Waals surface area contributed by atoms with Crippen LogP contribution in [0.3, 0.4) is 0 Å². The Hall–Kier alpha value is -2.57. The first-order chi connectivity index (χ1) is 11.5. The van der Waals surface area contributed by atoms with Crippen molar-refractivity contribution in [1.82, 2.24) is 20.0 Å². The molecule has 2 aliphatic heterocycles. The molecule has 1 aromatic carbocycles. The van der Waals surface area contributed by atoms with E-state index in [1.165, 1.54) is 0 Å². The lowest BCUT2D eigenvalue weighted by Gasteiger charge is -2.35. The Balaban J connectivity index is 1.55. The fourth-order valence-electron chi connectivity index (χ4n) is 3.97.